The second kappa shape index (κ2) is 7.64. The highest BCUT2D eigenvalue weighted by Crippen LogP contribution is 2.51. The van der Waals surface area contributed by atoms with Crippen molar-refractivity contribution in [3.63, 3.8) is 0 Å². The largest absolute Gasteiger partial charge is 0.437 e. The van der Waals surface area contributed by atoms with Crippen molar-refractivity contribution in [2.45, 2.75) is 57.4 Å². The van der Waals surface area contributed by atoms with Gasteiger partial charge in [0.25, 0.3) is 0 Å². The molecule has 2 heterocycles. The first-order valence-corrected chi connectivity index (χ1v) is 11.1. The van der Waals surface area contributed by atoms with Crippen LogP contribution in [-0.2, 0) is 5.41 Å². The van der Waals surface area contributed by atoms with Crippen molar-refractivity contribution in [1.29, 1.82) is 0 Å². The summed E-state index contributed by atoms with van der Waals surface area (Å²) >= 11 is 1.69. The highest BCUT2D eigenvalue weighted by Gasteiger charge is 2.34. The fourth-order valence-electron chi connectivity index (χ4n) is 3.96. The van der Waals surface area contributed by atoms with Gasteiger partial charge in [-0.05, 0) is 61.1 Å². The Labute approximate surface area is 183 Å². The van der Waals surface area contributed by atoms with E-state index in [9.17, 15) is 0 Å². The molecule has 0 saturated heterocycles. The zero-order valence-corrected chi connectivity index (χ0v) is 19.3. The van der Waals surface area contributed by atoms with Crippen LogP contribution in [0.3, 0.4) is 0 Å². The second-order valence-corrected chi connectivity index (χ2v) is 9.99. The number of aryl methyl sites for hydroxylation is 2. The van der Waals surface area contributed by atoms with Crippen molar-refractivity contribution in [3.05, 3.63) is 70.9 Å². The number of hydrogen-bond donors (Lipinski definition) is 1. The van der Waals surface area contributed by atoms with E-state index < -0.39 is 0 Å². The molecule has 0 aliphatic carbocycles. The molecule has 1 atom stereocenters. The summed E-state index contributed by atoms with van der Waals surface area (Å²) in [6.45, 7) is 13.0. The van der Waals surface area contributed by atoms with Gasteiger partial charge in [0, 0.05) is 16.7 Å². The molecule has 30 heavy (non-hydrogen) atoms. The van der Waals surface area contributed by atoms with Crippen molar-refractivity contribution >= 4 is 23.1 Å². The number of benzene rings is 2. The van der Waals surface area contributed by atoms with Gasteiger partial charge in [-0.2, -0.15) is 0 Å². The van der Waals surface area contributed by atoms with Gasteiger partial charge in [-0.1, -0.05) is 56.8 Å². The Balaban J connectivity index is 1.82. The van der Waals surface area contributed by atoms with Crippen LogP contribution in [0.4, 0.5) is 11.4 Å². The van der Waals surface area contributed by atoms with Crippen LogP contribution in [-0.4, -0.2) is 10.5 Å². The fourth-order valence-corrected chi connectivity index (χ4v) is 5.24. The minimum Gasteiger partial charge on any atom is -0.437 e. The minimum atomic E-state index is -0.233. The smallest absolute Gasteiger partial charge is 0.243 e. The van der Waals surface area contributed by atoms with Gasteiger partial charge < -0.3 is 15.4 Å². The van der Waals surface area contributed by atoms with Crippen LogP contribution in [0.25, 0.3) is 0 Å². The number of pyridine rings is 1. The number of rotatable bonds is 3. The Kier molecular flexibility index (Phi) is 5.28. The predicted octanol–water partition coefficient (Wildman–Crippen LogP) is 6.58. The molecule has 1 unspecified atom stereocenters. The Bertz CT molecular complexity index is 1100. The quantitative estimate of drug-likeness (QED) is 0.519. The average Bonchev–Trinajstić information content (AvgIpc) is 3.04. The van der Waals surface area contributed by atoms with Crippen molar-refractivity contribution in [1.82, 2.24) is 4.98 Å². The van der Waals surface area contributed by atoms with Gasteiger partial charge >= 0.3 is 0 Å². The maximum atomic E-state index is 6.62. The molecule has 0 radical (unpaired) electrons. The van der Waals surface area contributed by atoms with Gasteiger partial charge in [0.15, 0.2) is 0 Å². The standard InChI is InChI=1S/C25H29N3OS/c1-15-14-16(2)21-22(17(15)3)30-24(26)28(21)19-11-9-13-27-23(19)29-20-12-8-7-10-18(20)25(4,5)6/h7-14,24H,26H2,1-6H3. The molecule has 2 aromatic carbocycles. The summed E-state index contributed by atoms with van der Waals surface area (Å²) in [4.78, 5) is 7.99. The summed E-state index contributed by atoms with van der Waals surface area (Å²) in [5.74, 6) is 1.39. The first kappa shape index (κ1) is 20.8. The lowest BCUT2D eigenvalue weighted by Crippen LogP contribution is -2.32. The fraction of sp³-hybridized carbons (Fsp3) is 0.320. The van der Waals surface area contributed by atoms with Gasteiger partial charge in [0.05, 0.1) is 5.69 Å². The highest BCUT2D eigenvalue weighted by atomic mass is 32.2. The molecule has 1 aromatic heterocycles. The number of aromatic nitrogens is 1. The van der Waals surface area contributed by atoms with Crippen molar-refractivity contribution in [2.24, 2.45) is 5.73 Å². The topological polar surface area (TPSA) is 51.4 Å². The van der Waals surface area contributed by atoms with E-state index >= 15 is 0 Å². The van der Waals surface area contributed by atoms with E-state index in [1.807, 2.05) is 30.3 Å². The van der Waals surface area contributed by atoms with E-state index in [2.05, 4.69) is 63.6 Å². The first-order chi connectivity index (χ1) is 14.2. The second-order valence-electron chi connectivity index (χ2n) is 8.87. The molecule has 0 spiro atoms. The summed E-state index contributed by atoms with van der Waals surface area (Å²) in [6, 6.07) is 14.4. The number of thioether (sulfide) groups is 1. The van der Waals surface area contributed by atoms with Crippen molar-refractivity contribution in [3.8, 4) is 11.6 Å². The summed E-state index contributed by atoms with van der Waals surface area (Å²) in [5, 5.41) is 0. The third-order valence-electron chi connectivity index (χ3n) is 5.60. The van der Waals surface area contributed by atoms with Crippen LogP contribution < -0.4 is 15.4 Å². The molecule has 0 saturated carbocycles. The summed E-state index contributed by atoms with van der Waals surface area (Å²) in [6.07, 6.45) is 1.77. The third-order valence-corrected chi connectivity index (χ3v) is 6.79. The van der Waals surface area contributed by atoms with Gasteiger partial charge in [-0.15, -0.1) is 0 Å². The van der Waals surface area contributed by atoms with E-state index in [-0.39, 0.29) is 10.9 Å². The van der Waals surface area contributed by atoms with Gasteiger partial charge in [-0.3, -0.25) is 0 Å². The molecule has 4 nitrogen and oxygen atoms in total. The van der Waals surface area contributed by atoms with Crippen LogP contribution in [0.5, 0.6) is 11.6 Å². The van der Waals surface area contributed by atoms with Crippen LogP contribution in [0.15, 0.2) is 53.6 Å². The van der Waals surface area contributed by atoms with Gasteiger partial charge in [0.2, 0.25) is 5.88 Å². The molecule has 0 bridgehead atoms. The Morgan fingerprint density at radius 1 is 1.03 bits per heavy atom. The third kappa shape index (κ3) is 3.57. The SMILES string of the molecule is Cc1cc(C)c2c(c1C)SC(N)N2c1cccnc1Oc1ccccc1C(C)(C)C. The zero-order chi connectivity index (χ0) is 21.6. The van der Waals surface area contributed by atoms with E-state index in [1.165, 1.54) is 21.6 Å². The Morgan fingerprint density at radius 3 is 2.50 bits per heavy atom. The molecule has 1 aliphatic rings. The Hall–Kier alpha value is -2.50. The zero-order valence-electron chi connectivity index (χ0n) is 18.5. The molecular formula is C25H29N3OS. The molecule has 0 fully saturated rings. The normalized spacial score (nSPS) is 16.0. The van der Waals surface area contributed by atoms with E-state index in [4.69, 9.17) is 10.5 Å². The van der Waals surface area contributed by atoms with E-state index in [0.717, 1.165) is 22.7 Å². The molecule has 4 rings (SSSR count). The number of nitrogens with two attached hydrogens (primary N) is 1. The first-order valence-electron chi connectivity index (χ1n) is 10.2. The van der Waals surface area contributed by atoms with E-state index in [0.29, 0.717) is 5.88 Å². The molecule has 3 aromatic rings. The minimum absolute atomic E-state index is 0.0384. The molecule has 5 heteroatoms. The van der Waals surface area contributed by atoms with Crippen LogP contribution in [0.2, 0.25) is 0 Å². The number of para-hydroxylation sites is 1. The lowest BCUT2D eigenvalue weighted by molar-refractivity contribution is 0.440. The summed E-state index contributed by atoms with van der Waals surface area (Å²) in [5.41, 5.74) is 13.3. The molecular weight excluding hydrogens is 390 g/mol. The van der Waals surface area contributed by atoms with Crippen LogP contribution in [0, 0.1) is 20.8 Å². The van der Waals surface area contributed by atoms with E-state index in [1.54, 1.807) is 18.0 Å². The number of anilines is 2. The van der Waals surface area contributed by atoms with Crippen LogP contribution >= 0.6 is 11.8 Å². The van der Waals surface area contributed by atoms with Crippen molar-refractivity contribution < 1.29 is 4.74 Å². The number of hydrogen-bond acceptors (Lipinski definition) is 5. The average molecular weight is 420 g/mol. The summed E-state index contributed by atoms with van der Waals surface area (Å²) < 4.78 is 6.42. The number of ether oxygens (including phenoxy) is 1. The molecule has 156 valence electrons. The Morgan fingerprint density at radius 2 is 1.77 bits per heavy atom. The lowest BCUT2D eigenvalue weighted by Gasteiger charge is -2.27. The highest BCUT2D eigenvalue weighted by molar-refractivity contribution is 8.00. The maximum absolute atomic E-state index is 6.62. The van der Waals surface area contributed by atoms with Gasteiger partial charge in [0.1, 0.15) is 16.9 Å². The van der Waals surface area contributed by atoms with Crippen molar-refractivity contribution in [2.75, 3.05) is 4.90 Å². The van der Waals surface area contributed by atoms with Crippen LogP contribution in [0.1, 0.15) is 43.0 Å². The number of fused-ring (bicyclic) bond motifs is 1. The molecule has 1 aliphatic heterocycles. The summed E-state index contributed by atoms with van der Waals surface area (Å²) in [7, 11) is 0. The number of nitrogens with zero attached hydrogens (tertiary/aromatic N) is 2. The monoisotopic (exact) mass is 419 g/mol. The predicted molar refractivity (Wildman–Crippen MR) is 126 cm³/mol. The molecule has 2 N–H and O–H groups in total. The molecule has 0 amide bonds. The lowest BCUT2D eigenvalue weighted by atomic mass is 9.86. The maximum Gasteiger partial charge on any atom is 0.243 e. The van der Waals surface area contributed by atoms with Gasteiger partial charge in [-0.25, -0.2) is 4.98 Å².